The molecule has 1 saturated heterocycles. The van der Waals surface area contributed by atoms with Crippen LogP contribution in [-0.2, 0) is 0 Å². The highest BCUT2D eigenvalue weighted by molar-refractivity contribution is 5.19. The Morgan fingerprint density at radius 2 is 2.12 bits per heavy atom. The van der Waals surface area contributed by atoms with E-state index >= 15 is 0 Å². The SMILES string of the molecule is COc1cccc(OC2CCN(C(C)C)C2)n1. The quantitative estimate of drug-likeness (QED) is 0.800. The molecule has 2 rings (SSSR count). The molecule has 0 radical (unpaired) electrons. The van der Waals surface area contributed by atoms with Crippen LogP contribution in [0.25, 0.3) is 0 Å². The van der Waals surface area contributed by atoms with Crippen molar-refractivity contribution in [3.63, 3.8) is 0 Å². The van der Waals surface area contributed by atoms with Crippen molar-refractivity contribution in [3.05, 3.63) is 18.2 Å². The van der Waals surface area contributed by atoms with Crippen LogP contribution in [0.5, 0.6) is 11.8 Å². The second-order valence-corrected chi connectivity index (χ2v) is 4.64. The molecule has 4 heteroatoms. The summed E-state index contributed by atoms with van der Waals surface area (Å²) < 4.78 is 10.9. The van der Waals surface area contributed by atoms with E-state index in [-0.39, 0.29) is 6.10 Å². The Kier molecular flexibility index (Phi) is 3.84. The third-order valence-electron chi connectivity index (χ3n) is 3.10. The molecule has 17 heavy (non-hydrogen) atoms. The molecular weight excluding hydrogens is 216 g/mol. The minimum atomic E-state index is 0.247. The molecular formula is C13H20N2O2. The average molecular weight is 236 g/mol. The minimum absolute atomic E-state index is 0.247. The smallest absolute Gasteiger partial charge is 0.216 e. The summed E-state index contributed by atoms with van der Waals surface area (Å²) in [6, 6.07) is 6.18. The van der Waals surface area contributed by atoms with Crippen molar-refractivity contribution in [3.8, 4) is 11.8 Å². The molecule has 1 aromatic rings. The van der Waals surface area contributed by atoms with Gasteiger partial charge in [0.2, 0.25) is 11.8 Å². The Morgan fingerprint density at radius 3 is 2.76 bits per heavy atom. The van der Waals surface area contributed by atoms with Crippen molar-refractivity contribution in [1.82, 2.24) is 9.88 Å². The molecule has 0 N–H and O–H groups in total. The molecule has 0 aliphatic carbocycles. The van der Waals surface area contributed by atoms with Crippen molar-refractivity contribution in [2.75, 3.05) is 20.2 Å². The number of nitrogens with zero attached hydrogens (tertiary/aromatic N) is 2. The van der Waals surface area contributed by atoms with Crippen molar-refractivity contribution in [2.45, 2.75) is 32.4 Å². The second-order valence-electron chi connectivity index (χ2n) is 4.64. The summed E-state index contributed by atoms with van der Waals surface area (Å²) in [5.74, 6) is 1.25. The Balaban J connectivity index is 1.93. The summed E-state index contributed by atoms with van der Waals surface area (Å²) in [6.07, 6.45) is 1.31. The summed E-state index contributed by atoms with van der Waals surface area (Å²) >= 11 is 0. The minimum Gasteiger partial charge on any atom is -0.481 e. The molecule has 0 spiro atoms. The van der Waals surface area contributed by atoms with E-state index in [2.05, 4.69) is 23.7 Å². The highest BCUT2D eigenvalue weighted by atomic mass is 16.5. The highest BCUT2D eigenvalue weighted by Gasteiger charge is 2.25. The molecule has 94 valence electrons. The predicted molar refractivity (Wildman–Crippen MR) is 66.5 cm³/mol. The van der Waals surface area contributed by atoms with Crippen LogP contribution in [0.15, 0.2) is 18.2 Å². The number of hydrogen-bond donors (Lipinski definition) is 0. The summed E-state index contributed by atoms with van der Waals surface area (Å²) in [4.78, 5) is 6.68. The van der Waals surface area contributed by atoms with Gasteiger partial charge in [0.15, 0.2) is 0 Å². The molecule has 1 aliphatic rings. The third-order valence-corrected chi connectivity index (χ3v) is 3.10. The fourth-order valence-corrected chi connectivity index (χ4v) is 2.07. The van der Waals surface area contributed by atoms with Crippen LogP contribution < -0.4 is 9.47 Å². The van der Waals surface area contributed by atoms with Gasteiger partial charge in [0.25, 0.3) is 0 Å². The summed E-state index contributed by atoms with van der Waals surface area (Å²) in [6.45, 7) is 6.52. The van der Waals surface area contributed by atoms with Gasteiger partial charge in [-0.2, -0.15) is 4.98 Å². The molecule has 4 nitrogen and oxygen atoms in total. The first-order valence-electron chi connectivity index (χ1n) is 6.11. The molecule has 0 bridgehead atoms. The van der Waals surface area contributed by atoms with Crippen LogP contribution >= 0.6 is 0 Å². The van der Waals surface area contributed by atoms with Crippen LogP contribution in [0.3, 0.4) is 0 Å². The standard InChI is InChI=1S/C13H20N2O2/c1-10(2)15-8-7-11(9-15)17-13-6-4-5-12(14-13)16-3/h4-6,10-11H,7-9H2,1-3H3. The number of ether oxygens (including phenoxy) is 2. The second kappa shape index (κ2) is 5.36. The van der Waals surface area contributed by atoms with E-state index < -0.39 is 0 Å². The zero-order chi connectivity index (χ0) is 12.3. The molecule has 1 unspecified atom stereocenters. The van der Waals surface area contributed by atoms with E-state index in [4.69, 9.17) is 9.47 Å². The lowest BCUT2D eigenvalue weighted by molar-refractivity contribution is 0.180. The zero-order valence-corrected chi connectivity index (χ0v) is 10.7. The first-order chi connectivity index (χ1) is 8.19. The van der Waals surface area contributed by atoms with Gasteiger partial charge in [0.05, 0.1) is 7.11 Å². The molecule has 1 atom stereocenters. The van der Waals surface area contributed by atoms with E-state index in [1.165, 1.54) is 0 Å². The number of hydrogen-bond acceptors (Lipinski definition) is 4. The van der Waals surface area contributed by atoms with Crippen molar-refractivity contribution in [1.29, 1.82) is 0 Å². The monoisotopic (exact) mass is 236 g/mol. The van der Waals surface area contributed by atoms with Crippen molar-refractivity contribution in [2.24, 2.45) is 0 Å². The Bertz CT molecular complexity index is 368. The summed E-state index contributed by atoms with van der Waals surface area (Å²) in [5, 5.41) is 0. The van der Waals surface area contributed by atoms with Crippen molar-refractivity contribution >= 4 is 0 Å². The lowest BCUT2D eigenvalue weighted by atomic mass is 10.3. The number of methoxy groups -OCH3 is 1. The Morgan fingerprint density at radius 1 is 1.35 bits per heavy atom. The Hall–Kier alpha value is -1.29. The van der Waals surface area contributed by atoms with E-state index in [1.54, 1.807) is 7.11 Å². The molecule has 0 aromatic carbocycles. The van der Waals surface area contributed by atoms with E-state index in [0.29, 0.717) is 17.8 Å². The van der Waals surface area contributed by atoms with Gasteiger partial charge in [-0.1, -0.05) is 6.07 Å². The fourth-order valence-electron chi connectivity index (χ4n) is 2.07. The van der Waals surface area contributed by atoms with Crippen LogP contribution in [0.2, 0.25) is 0 Å². The number of likely N-dealkylation sites (tertiary alicyclic amines) is 1. The van der Waals surface area contributed by atoms with E-state index in [9.17, 15) is 0 Å². The number of rotatable bonds is 4. The normalized spacial score (nSPS) is 20.8. The first-order valence-corrected chi connectivity index (χ1v) is 6.11. The predicted octanol–water partition coefficient (Wildman–Crippen LogP) is 1.95. The lowest BCUT2D eigenvalue weighted by Gasteiger charge is -2.20. The van der Waals surface area contributed by atoms with Crippen LogP contribution in [0, 0.1) is 0 Å². The van der Waals surface area contributed by atoms with Gasteiger partial charge in [0.1, 0.15) is 6.10 Å². The van der Waals surface area contributed by atoms with E-state index in [1.807, 2.05) is 18.2 Å². The van der Waals surface area contributed by atoms with Crippen molar-refractivity contribution < 1.29 is 9.47 Å². The maximum absolute atomic E-state index is 5.87. The number of pyridine rings is 1. The fraction of sp³-hybridized carbons (Fsp3) is 0.615. The Labute approximate surface area is 103 Å². The number of aromatic nitrogens is 1. The van der Waals surface area contributed by atoms with Gasteiger partial charge in [-0.3, -0.25) is 4.90 Å². The van der Waals surface area contributed by atoms with Crippen LogP contribution in [0.1, 0.15) is 20.3 Å². The molecule has 1 fully saturated rings. The third kappa shape index (κ3) is 3.09. The van der Waals surface area contributed by atoms with Gasteiger partial charge < -0.3 is 9.47 Å². The maximum atomic E-state index is 5.87. The summed E-state index contributed by atoms with van der Waals surface area (Å²) in [5.41, 5.74) is 0. The first kappa shape index (κ1) is 12.2. The van der Waals surface area contributed by atoms with Crippen LogP contribution in [0.4, 0.5) is 0 Å². The average Bonchev–Trinajstić information content (AvgIpc) is 2.78. The molecule has 0 saturated carbocycles. The van der Waals surface area contributed by atoms with Gasteiger partial charge in [-0.05, 0) is 20.3 Å². The molecule has 2 heterocycles. The lowest BCUT2D eigenvalue weighted by Crippen LogP contribution is -2.30. The van der Waals surface area contributed by atoms with Crippen LogP contribution in [-0.4, -0.2) is 42.2 Å². The zero-order valence-electron chi connectivity index (χ0n) is 10.7. The largest absolute Gasteiger partial charge is 0.481 e. The maximum Gasteiger partial charge on any atom is 0.216 e. The summed E-state index contributed by atoms with van der Waals surface area (Å²) in [7, 11) is 1.61. The van der Waals surface area contributed by atoms with Gasteiger partial charge in [-0.15, -0.1) is 0 Å². The van der Waals surface area contributed by atoms with Gasteiger partial charge in [0, 0.05) is 31.3 Å². The molecule has 1 aliphatic heterocycles. The topological polar surface area (TPSA) is 34.6 Å². The van der Waals surface area contributed by atoms with Gasteiger partial charge >= 0.3 is 0 Å². The molecule has 0 amide bonds. The van der Waals surface area contributed by atoms with E-state index in [0.717, 1.165) is 19.5 Å². The highest BCUT2D eigenvalue weighted by Crippen LogP contribution is 2.19. The molecule has 1 aromatic heterocycles. The van der Waals surface area contributed by atoms with Gasteiger partial charge in [-0.25, -0.2) is 0 Å².